The number of ether oxygens (including phenoxy) is 2. The fourth-order valence-corrected chi connectivity index (χ4v) is 5.27. The number of carbonyl (C=O) groups is 3. The Morgan fingerprint density at radius 1 is 1.22 bits per heavy atom. The SMILES string of the molecule is CCOC(=O)c1[nH]c(C)c(/C(O)=C2\C(=O)C(=O)N(CCCN3CCOCC3)[C@H]2c2cccc(Cl)c2)c1C. The Bertz CT molecular complexity index is 1230. The lowest BCUT2D eigenvalue weighted by Crippen LogP contribution is -2.38. The highest BCUT2D eigenvalue weighted by atomic mass is 35.5. The quantitative estimate of drug-likeness (QED) is 0.232. The van der Waals surface area contributed by atoms with Crippen molar-refractivity contribution in [1.29, 1.82) is 0 Å². The van der Waals surface area contributed by atoms with Gasteiger partial charge in [-0.2, -0.15) is 0 Å². The molecule has 2 aliphatic rings. The standard InChI is InChI=1S/C27H32ClN3O6/c1-4-37-27(35)22-16(2)20(17(3)29-22)24(32)21-23(18-7-5-8-19(28)15-18)31(26(34)25(21)33)10-6-9-30-11-13-36-14-12-30/h5,7-8,15,23,29,32H,4,6,9-14H2,1-3H3/b24-21+/t23-/m0/s1. The third-order valence-electron chi connectivity index (χ3n) is 6.84. The molecule has 0 radical (unpaired) electrons. The molecule has 2 saturated heterocycles. The molecule has 198 valence electrons. The monoisotopic (exact) mass is 529 g/mol. The van der Waals surface area contributed by atoms with Gasteiger partial charge in [-0.3, -0.25) is 14.5 Å². The molecule has 2 N–H and O–H groups in total. The second-order valence-corrected chi connectivity index (χ2v) is 9.64. The number of aliphatic hydroxyl groups is 1. The smallest absolute Gasteiger partial charge is 0.355 e. The lowest BCUT2D eigenvalue weighted by Gasteiger charge is -2.29. The number of rotatable bonds is 8. The van der Waals surface area contributed by atoms with Crippen LogP contribution in [0.4, 0.5) is 0 Å². The summed E-state index contributed by atoms with van der Waals surface area (Å²) < 4.78 is 10.5. The van der Waals surface area contributed by atoms with Crippen molar-refractivity contribution in [3.05, 3.63) is 62.9 Å². The summed E-state index contributed by atoms with van der Waals surface area (Å²) in [6.07, 6.45) is 0.652. The van der Waals surface area contributed by atoms with Gasteiger partial charge in [0.2, 0.25) is 0 Å². The summed E-state index contributed by atoms with van der Waals surface area (Å²) in [5.74, 6) is -2.34. The van der Waals surface area contributed by atoms with E-state index in [2.05, 4.69) is 9.88 Å². The third-order valence-corrected chi connectivity index (χ3v) is 7.07. The normalized spacial score (nSPS) is 20.0. The van der Waals surface area contributed by atoms with Gasteiger partial charge in [0.05, 0.1) is 31.4 Å². The number of amides is 1. The van der Waals surface area contributed by atoms with Crippen molar-refractivity contribution < 1.29 is 29.0 Å². The first kappa shape index (κ1) is 26.9. The van der Waals surface area contributed by atoms with E-state index in [-0.39, 0.29) is 23.6 Å². The third kappa shape index (κ3) is 5.44. The zero-order valence-corrected chi connectivity index (χ0v) is 22.1. The fourth-order valence-electron chi connectivity index (χ4n) is 5.07. The molecule has 2 aliphatic heterocycles. The molecular weight excluding hydrogens is 498 g/mol. The molecule has 1 atom stereocenters. The summed E-state index contributed by atoms with van der Waals surface area (Å²) in [5, 5.41) is 11.9. The van der Waals surface area contributed by atoms with Gasteiger partial charge >= 0.3 is 5.97 Å². The Morgan fingerprint density at radius 2 is 1.95 bits per heavy atom. The minimum Gasteiger partial charge on any atom is -0.507 e. The van der Waals surface area contributed by atoms with Gasteiger partial charge in [-0.05, 0) is 50.5 Å². The van der Waals surface area contributed by atoms with Gasteiger partial charge in [0, 0.05) is 42.5 Å². The second kappa shape index (κ2) is 11.5. The van der Waals surface area contributed by atoms with Gasteiger partial charge in [0.15, 0.2) is 0 Å². The Hall–Kier alpha value is -3.14. The minimum absolute atomic E-state index is 0.0285. The number of aryl methyl sites for hydroxylation is 1. The van der Waals surface area contributed by atoms with Crippen molar-refractivity contribution in [2.45, 2.75) is 33.2 Å². The van der Waals surface area contributed by atoms with Crippen LogP contribution in [-0.2, 0) is 19.1 Å². The first-order valence-electron chi connectivity index (χ1n) is 12.4. The average molecular weight is 530 g/mol. The molecule has 0 aliphatic carbocycles. The van der Waals surface area contributed by atoms with Gasteiger partial charge in [-0.1, -0.05) is 23.7 Å². The molecule has 9 nitrogen and oxygen atoms in total. The van der Waals surface area contributed by atoms with Gasteiger partial charge in [-0.15, -0.1) is 0 Å². The summed E-state index contributed by atoms with van der Waals surface area (Å²) >= 11 is 6.27. The van der Waals surface area contributed by atoms with Crippen LogP contribution < -0.4 is 0 Å². The summed E-state index contributed by atoms with van der Waals surface area (Å²) in [7, 11) is 0. The van der Waals surface area contributed by atoms with E-state index in [1.165, 1.54) is 4.90 Å². The lowest BCUT2D eigenvalue weighted by molar-refractivity contribution is -0.140. The van der Waals surface area contributed by atoms with E-state index in [4.69, 9.17) is 21.1 Å². The number of carbonyl (C=O) groups excluding carboxylic acids is 3. The van der Waals surface area contributed by atoms with Crippen LogP contribution in [0.3, 0.4) is 0 Å². The largest absolute Gasteiger partial charge is 0.507 e. The molecule has 0 saturated carbocycles. The Labute approximate surface area is 221 Å². The number of nitrogens with zero attached hydrogens (tertiary/aromatic N) is 2. The lowest BCUT2D eigenvalue weighted by atomic mass is 9.94. The zero-order chi connectivity index (χ0) is 26.7. The Balaban J connectivity index is 1.74. The number of nitrogens with one attached hydrogen (secondary N) is 1. The number of likely N-dealkylation sites (tertiary alicyclic amines) is 1. The highest BCUT2D eigenvalue weighted by Gasteiger charge is 2.46. The van der Waals surface area contributed by atoms with Crippen LogP contribution in [0.25, 0.3) is 5.76 Å². The van der Waals surface area contributed by atoms with Crippen LogP contribution in [0.1, 0.15) is 52.3 Å². The number of halogens is 1. The number of ketones is 1. The van der Waals surface area contributed by atoms with E-state index in [9.17, 15) is 19.5 Å². The molecule has 1 aromatic heterocycles. The van der Waals surface area contributed by atoms with Gasteiger partial charge in [0.1, 0.15) is 11.5 Å². The molecule has 37 heavy (non-hydrogen) atoms. The maximum Gasteiger partial charge on any atom is 0.355 e. The van der Waals surface area contributed by atoms with Crippen LogP contribution in [0.2, 0.25) is 5.02 Å². The van der Waals surface area contributed by atoms with Crippen molar-refractivity contribution in [3.8, 4) is 0 Å². The summed E-state index contributed by atoms with van der Waals surface area (Å²) in [4.78, 5) is 45.7. The number of Topliss-reactive ketones (excluding diaryl/α,β-unsaturated/α-hetero) is 1. The van der Waals surface area contributed by atoms with E-state index >= 15 is 0 Å². The summed E-state index contributed by atoms with van der Waals surface area (Å²) in [5.41, 5.74) is 2.02. The molecule has 2 fully saturated rings. The Morgan fingerprint density at radius 3 is 2.62 bits per heavy atom. The molecule has 1 aromatic carbocycles. The van der Waals surface area contributed by atoms with Crippen LogP contribution >= 0.6 is 11.6 Å². The molecule has 0 bridgehead atoms. The highest BCUT2D eigenvalue weighted by molar-refractivity contribution is 6.46. The van der Waals surface area contributed by atoms with Gasteiger partial charge in [0.25, 0.3) is 11.7 Å². The van der Waals surface area contributed by atoms with E-state index in [0.717, 1.165) is 19.6 Å². The molecule has 0 spiro atoms. The second-order valence-electron chi connectivity index (χ2n) is 9.20. The first-order valence-corrected chi connectivity index (χ1v) is 12.8. The minimum atomic E-state index is -0.817. The van der Waals surface area contributed by atoms with Crippen molar-refractivity contribution in [2.75, 3.05) is 46.0 Å². The zero-order valence-electron chi connectivity index (χ0n) is 21.3. The number of morpholine rings is 1. The number of hydrogen-bond donors (Lipinski definition) is 2. The molecule has 2 aromatic rings. The predicted octanol–water partition coefficient (Wildman–Crippen LogP) is 3.61. The molecule has 4 rings (SSSR count). The summed E-state index contributed by atoms with van der Waals surface area (Å²) in [6.45, 7) is 9.35. The number of hydrogen-bond acceptors (Lipinski definition) is 7. The molecule has 10 heteroatoms. The van der Waals surface area contributed by atoms with E-state index in [1.54, 1.807) is 45.0 Å². The van der Waals surface area contributed by atoms with Gasteiger partial charge < -0.3 is 24.5 Å². The van der Waals surface area contributed by atoms with Crippen molar-refractivity contribution in [3.63, 3.8) is 0 Å². The number of aliphatic hydroxyl groups excluding tert-OH is 1. The number of benzene rings is 1. The number of esters is 1. The van der Waals surface area contributed by atoms with Crippen LogP contribution in [0, 0.1) is 13.8 Å². The maximum absolute atomic E-state index is 13.4. The maximum atomic E-state index is 13.4. The highest BCUT2D eigenvalue weighted by Crippen LogP contribution is 2.41. The number of aromatic amines is 1. The summed E-state index contributed by atoms with van der Waals surface area (Å²) in [6, 6.07) is 6.12. The van der Waals surface area contributed by atoms with Crippen LogP contribution in [-0.4, -0.2) is 83.5 Å². The number of H-pyrrole nitrogens is 1. The topological polar surface area (TPSA) is 112 Å². The van der Waals surface area contributed by atoms with Crippen molar-refractivity contribution >= 4 is 35.0 Å². The molecular formula is C27H32ClN3O6. The molecule has 0 unspecified atom stereocenters. The predicted molar refractivity (Wildman–Crippen MR) is 139 cm³/mol. The Kier molecular flexibility index (Phi) is 8.36. The molecule has 1 amide bonds. The van der Waals surface area contributed by atoms with Crippen LogP contribution in [0.15, 0.2) is 29.8 Å². The van der Waals surface area contributed by atoms with Crippen LogP contribution in [0.5, 0.6) is 0 Å². The van der Waals surface area contributed by atoms with E-state index in [0.29, 0.717) is 53.6 Å². The fraction of sp³-hybridized carbons (Fsp3) is 0.444. The average Bonchev–Trinajstić information content (AvgIpc) is 3.32. The number of aromatic nitrogens is 1. The van der Waals surface area contributed by atoms with Crippen molar-refractivity contribution in [2.24, 2.45) is 0 Å². The van der Waals surface area contributed by atoms with E-state index in [1.807, 2.05) is 0 Å². The first-order chi connectivity index (χ1) is 17.7. The van der Waals surface area contributed by atoms with Gasteiger partial charge in [-0.25, -0.2) is 4.79 Å². The van der Waals surface area contributed by atoms with Crippen molar-refractivity contribution in [1.82, 2.24) is 14.8 Å². The van der Waals surface area contributed by atoms with E-state index < -0.39 is 23.7 Å². The molecule has 3 heterocycles.